The first-order valence-corrected chi connectivity index (χ1v) is 3.70. The van der Waals surface area contributed by atoms with E-state index in [0.717, 1.165) is 0 Å². The summed E-state index contributed by atoms with van der Waals surface area (Å²) >= 11 is 1.68. The van der Waals surface area contributed by atoms with Crippen LogP contribution in [0, 0.1) is 6.92 Å². The lowest BCUT2D eigenvalue weighted by Gasteiger charge is -1.98. The highest BCUT2D eigenvalue weighted by molar-refractivity contribution is 7.14. The van der Waals surface area contributed by atoms with Crippen LogP contribution < -0.4 is 11.1 Å². The lowest BCUT2D eigenvalue weighted by atomic mass is 10.4. The maximum absolute atomic E-state index is 5.28. The summed E-state index contributed by atoms with van der Waals surface area (Å²) in [6.07, 6.45) is 0. The standard InChI is InChI=1S/C6H10N2S/c1-5-2-3-9-6(5)8-4-7/h2-3,8H,4,7H2,1H3. The van der Waals surface area contributed by atoms with Crippen molar-refractivity contribution in [2.24, 2.45) is 5.73 Å². The first-order chi connectivity index (χ1) is 4.34. The normalized spacial score (nSPS) is 9.56. The third-order valence-electron chi connectivity index (χ3n) is 1.12. The van der Waals surface area contributed by atoms with Gasteiger partial charge in [-0.1, -0.05) is 0 Å². The van der Waals surface area contributed by atoms with Gasteiger partial charge in [0, 0.05) is 0 Å². The average molecular weight is 142 g/mol. The summed E-state index contributed by atoms with van der Waals surface area (Å²) in [5.74, 6) is 0. The van der Waals surface area contributed by atoms with Gasteiger partial charge in [0.05, 0.1) is 11.7 Å². The highest BCUT2D eigenvalue weighted by atomic mass is 32.1. The summed E-state index contributed by atoms with van der Waals surface area (Å²) in [5, 5.41) is 6.28. The van der Waals surface area contributed by atoms with E-state index in [1.807, 2.05) is 5.38 Å². The lowest BCUT2D eigenvalue weighted by Crippen LogP contribution is -2.09. The van der Waals surface area contributed by atoms with Crippen molar-refractivity contribution in [3.8, 4) is 0 Å². The topological polar surface area (TPSA) is 38.0 Å². The molecule has 2 nitrogen and oxygen atoms in total. The molecule has 1 aromatic heterocycles. The number of hydrogen-bond donors (Lipinski definition) is 2. The Morgan fingerprint density at radius 2 is 2.56 bits per heavy atom. The molecule has 3 heteroatoms. The minimum Gasteiger partial charge on any atom is -0.364 e. The van der Waals surface area contributed by atoms with Crippen LogP contribution in [0.1, 0.15) is 5.56 Å². The monoisotopic (exact) mass is 142 g/mol. The fraction of sp³-hybridized carbons (Fsp3) is 0.333. The van der Waals surface area contributed by atoms with E-state index in [1.165, 1.54) is 10.6 Å². The SMILES string of the molecule is Cc1ccsc1NCN. The first kappa shape index (κ1) is 6.58. The van der Waals surface area contributed by atoms with E-state index < -0.39 is 0 Å². The number of thiophene rings is 1. The van der Waals surface area contributed by atoms with Crippen molar-refractivity contribution in [3.63, 3.8) is 0 Å². The zero-order valence-corrected chi connectivity index (χ0v) is 6.16. The molecule has 0 fully saturated rings. The van der Waals surface area contributed by atoms with Crippen LogP contribution >= 0.6 is 11.3 Å². The second kappa shape index (κ2) is 2.85. The number of rotatable bonds is 2. The molecular weight excluding hydrogens is 132 g/mol. The van der Waals surface area contributed by atoms with Gasteiger partial charge in [0.2, 0.25) is 0 Å². The third kappa shape index (κ3) is 1.43. The molecule has 0 unspecified atom stereocenters. The van der Waals surface area contributed by atoms with E-state index in [0.29, 0.717) is 6.67 Å². The molecule has 50 valence electrons. The lowest BCUT2D eigenvalue weighted by molar-refractivity contribution is 1.15. The van der Waals surface area contributed by atoms with Crippen molar-refractivity contribution < 1.29 is 0 Å². The van der Waals surface area contributed by atoms with Gasteiger partial charge in [-0.3, -0.25) is 0 Å². The van der Waals surface area contributed by atoms with Gasteiger partial charge in [-0.15, -0.1) is 11.3 Å². The van der Waals surface area contributed by atoms with Gasteiger partial charge in [0.1, 0.15) is 0 Å². The van der Waals surface area contributed by atoms with Crippen LogP contribution in [0.25, 0.3) is 0 Å². The Labute approximate surface area is 58.7 Å². The first-order valence-electron chi connectivity index (χ1n) is 2.82. The Bertz CT molecular complexity index is 183. The molecule has 1 rings (SSSR count). The molecule has 1 heterocycles. The van der Waals surface area contributed by atoms with Gasteiger partial charge >= 0.3 is 0 Å². The predicted octanol–water partition coefficient (Wildman–Crippen LogP) is 1.38. The summed E-state index contributed by atoms with van der Waals surface area (Å²) in [4.78, 5) is 0. The second-order valence-corrected chi connectivity index (χ2v) is 2.73. The fourth-order valence-electron chi connectivity index (χ4n) is 0.647. The van der Waals surface area contributed by atoms with Crippen molar-refractivity contribution in [1.82, 2.24) is 0 Å². The summed E-state index contributed by atoms with van der Waals surface area (Å²) in [5.41, 5.74) is 6.55. The zero-order valence-electron chi connectivity index (χ0n) is 5.35. The van der Waals surface area contributed by atoms with Crippen molar-refractivity contribution in [1.29, 1.82) is 0 Å². The Morgan fingerprint density at radius 1 is 1.78 bits per heavy atom. The number of aryl methyl sites for hydroxylation is 1. The molecular formula is C6H10N2S. The molecule has 1 aromatic rings. The van der Waals surface area contributed by atoms with Crippen LogP contribution in [0.5, 0.6) is 0 Å². The molecule has 0 aliphatic carbocycles. The average Bonchev–Trinajstić information content (AvgIpc) is 2.18. The summed E-state index contributed by atoms with van der Waals surface area (Å²) in [6.45, 7) is 2.58. The maximum Gasteiger partial charge on any atom is 0.0922 e. The van der Waals surface area contributed by atoms with E-state index in [2.05, 4.69) is 18.3 Å². The van der Waals surface area contributed by atoms with Crippen molar-refractivity contribution >= 4 is 16.3 Å². The molecule has 0 aliphatic rings. The molecule has 9 heavy (non-hydrogen) atoms. The van der Waals surface area contributed by atoms with Crippen LogP contribution in [0.15, 0.2) is 11.4 Å². The molecule has 0 aliphatic heterocycles. The maximum atomic E-state index is 5.28. The zero-order chi connectivity index (χ0) is 6.69. The van der Waals surface area contributed by atoms with Gasteiger partial charge < -0.3 is 11.1 Å². The van der Waals surface area contributed by atoms with Crippen LogP contribution in [-0.2, 0) is 0 Å². The second-order valence-electron chi connectivity index (χ2n) is 1.81. The fourth-order valence-corrected chi connectivity index (χ4v) is 1.48. The summed E-state index contributed by atoms with van der Waals surface area (Å²) in [6, 6.07) is 2.07. The smallest absolute Gasteiger partial charge is 0.0922 e. The molecule has 0 atom stereocenters. The van der Waals surface area contributed by atoms with Crippen molar-refractivity contribution in [2.45, 2.75) is 6.92 Å². The Hall–Kier alpha value is -0.540. The number of nitrogens with two attached hydrogens (primary N) is 1. The van der Waals surface area contributed by atoms with E-state index in [-0.39, 0.29) is 0 Å². The van der Waals surface area contributed by atoms with Gasteiger partial charge in [0.15, 0.2) is 0 Å². The van der Waals surface area contributed by atoms with E-state index in [1.54, 1.807) is 11.3 Å². The molecule has 3 N–H and O–H groups in total. The quantitative estimate of drug-likeness (QED) is 0.612. The minimum absolute atomic E-state index is 0.515. The van der Waals surface area contributed by atoms with Crippen LogP contribution in [-0.4, -0.2) is 6.67 Å². The van der Waals surface area contributed by atoms with Gasteiger partial charge in [0.25, 0.3) is 0 Å². The summed E-state index contributed by atoms with van der Waals surface area (Å²) in [7, 11) is 0. The third-order valence-corrected chi connectivity index (χ3v) is 2.10. The molecule has 0 aromatic carbocycles. The molecule has 0 saturated carbocycles. The van der Waals surface area contributed by atoms with Gasteiger partial charge in [-0.25, -0.2) is 0 Å². The minimum atomic E-state index is 0.515. The van der Waals surface area contributed by atoms with Gasteiger partial charge in [-0.2, -0.15) is 0 Å². The Morgan fingerprint density at radius 3 is 3.00 bits per heavy atom. The molecule has 0 bridgehead atoms. The van der Waals surface area contributed by atoms with Crippen LogP contribution in [0.4, 0.5) is 5.00 Å². The molecule has 0 radical (unpaired) electrons. The number of anilines is 1. The largest absolute Gasteiger partial charge is 0.364 e. The van der Waals surface area contributed by atoms with Crippen LogP contribution in [0.3, 0.4) is 0 Å². The van der Waals surface area contributed by atoms with Crippen molar-refractivity contribution in [2.75, 3.05) is 12.0 Å². The van der Waals surface area contributed by atoms with E-state index in [9.17, 15) is 0 Å². The summed E-state index contributed by atoms with van der Waals surface area (Å²) < 4.78 is 0. The predicted molar refractivity (Wildman–Crippen MR) is 41.7 cm³/mol. The highest BCUT2D eigenvalue weighted by Crippen LogP contribution is 2.20. The molecule has 0 amide bonds. The van der Waals surface area contributed by atoms with E-state index in [4.69, 9.17) is 5.73 Å². The van der Waals surface area contributed by atoms with E-state index >= 15 is 0 Å². The number of nitrogens with one attached hydrogen (secondary N) is 1. The Kier molecular flexibility index (Phi) is 2.08. The molecule has 0 spiro atoms. The number of hydrogen-bond acceptors (Lipinski definition) is 3. The Balaban J connectivity index is 2.69. The molecule has 0 saturated heterocycles. The van der Waals surface area contributed by atoms with Gasteiger partial charge in [-0.05, 0) is 23.9 Å². The van der Waals surface area contributed by atoms with Crippen LogP contribution in [0.2, 0.25) is 0 Å². The van der Waals surface area contributed by atoms with Crippen molar-refractivity contribution in [3.05, 3.63) is 17.0 Å². The highest BCUT2D eigenvalue weighted by Gasteiger charge is 1.94.